The molecule has 1 saturated carbocycles. The van der Waals surface area contributed by atoms with Crippen LogP contribution in [0.2, 0.25) is 0 Å². The third-order valence-electron chi connectivity index (χ3n) is 3.92. The summed E-state index contributed by atoms with van der Waals surface area (Å²) in [6.07, 6.45) is -1.55. The molecular weight excluding hydrogens is 330 g/mol. The Kier molecular flexibility index (Phi) is 4.25. The molecule has 24 heavy (non-hydrogen) atoms. The van der Waals surface area contributed by atoms with Gasteiger partial charge in [-0.3, -0.25) is 4.79 Å². The summed E-state index contributed by atoms with van der Waals surface area (Å²) >= 11 is 0. The smallest absolute Gasteiger partial charge is 0.352 e. The van der Waals surface area contributed by atoms with Gasteiger partial charge in [-0.25, -0.2) is 4.39 Å². The quantitative estimate of drug-likeness (QED) is 0.864. The Morgan fingerprint density at radius 1 is 1.33 bits per heavy atom. The van der Waals surface area contributed by atoms with Gasteiger partial charge in [-0.1, -0.05) is 17.6 Å². The first-order valence-electron chi connectivity index (χ1n) is 7.33. The number of aromatic nitrogens is 2. The van der Waals surface area contributed by atoms with Crippen LogP contribution in [0.4, 0.5) is 17.6 Å². The third-order valence-corrected chi connectivity index (χ3v) is 3.92. The summed E-state index contributed by atoms with van der Waals surface area (Å²) in [5.41, 5.74) is -0.195. The average Bonchev–Trinajstić information content (AvgIpc) is 2.95. The molecule has 1 amide bonds. The van der Waals surface area contributed by atoms with Gasteiger partial charge in [-0.15, -0.1) is 0 Å². The van der Waals surface area contributed by atoms with Crippen molar-refractivity contribution in [3.05, 3.63) is 35.5 Å². The van der Waals surface area contributed by atoms with Gasteiger partial charge in [-0.05, 0) is 30.9 Å². The molecule has 1 aromatic heterocycles. The number of amides is 1. The van der Waals surface area contributed by atoms with Gasteiger partial charge in [0.2, 0.25) is 5.82 Å². The summed E-state index contributed by atoms with van der Waals surface area (Å²) in [7, 11) is 0. The minimum atomic E-state index is -4.77. The summed E-state index contributed by atoms with van der Waals surface area (Å²) in [6, 6.07) is 3.36. The lowest BCUT2D eigenvalue weighted by molar-refractivity contribution is -0.159. The summed E-state index contributed by atoms with van der Waals surface area (Å²) < 4.78 is 55.5. The minimum Gasteiger partial charge on any atom is -0.352 e. The standard InChI is InChI=1S/C15H13F4N3O2/c16-11-6-9(12-21-14(24-22-12)15(17,18)19)4-5-10(11)13(23)20-7-8-2-1-3-8/h4-6,8H,1-3,7H2,(H,20,23). The number of benzene rings is 1. The van der Waals surface area contributed by atoms with E-state index in [1.54, 1.807) is 0 Å². The number of halogens is 4. The van der Waals surface area contributed by atoms with Crippen molar-refractivity contribution in [2.45, 2.75) is 25.4 Å². The Labute approximate surface area is 134 Å². The van der Waals surface area contributed by atoms with Crippen molar-refractivity contribution in [3.8, 4) is 11.4 Å². The maximum Gasteiger partial charge on any atom is 0.471 e. The van der Waals surface area contributed by atoms with E-state index in [2.05, 4.69) is 20.0 Å². The van der Waals surface area contributed by atoms with E-state index in [9.17, 15) is 22.4 Å². The number of carbonyl (C=O) groups excluding carboxylic acids is 1. The molecule has 0 spiro atoms. The molecule has 5 nitrogen and oxygen atoms in total. The van der Waals surface area contributed by atoms with Gasteiger partial charge in [0.25, 0.3) is 5.91 Å². The lowest BCUT2D eigenvalue weighted by Gasteiger charge is -2.25. The molecule has 1 aliphatic carbocycles. The molecule has 1 fully saturated rings. The van der Waals surface area contributed by atoms with Gasteiger partial charge < -0.3 is 9.84 Å². The van der Waals surface area contributed by atoms with Crippen LogP contribution in [0, 0.1) is 11.7 Å². The predicted molar refractivity (Wildman–Crippen MR) is 74.4 cm³/mol. The molecule has 0 unspecified atom stereocenters. The molecule has 1 aromatic carbocycles. The van der Waals surface area contributed by atoms with E-state index >= 15 is 0 Å². The number of hydrogen-bond acceptors (Lipinski definition) is 4. The van der Waals surface area contributed by atoms with Crippen LogP contribution in [-0.4, -0.2) is 22.6 Å². The molecule has 3 rings (SSSR count). The van der Waals surface area contributed by atoms with Crippen LogP contribution in [0.1, 0.15) is 35.5 Å². The van der Waals surface area contributed by atoms with Crippen molar-refractivity contribution in [1.82, 2.24) is 15.5 Å². The Morgan fingerprint density at radius 2 is 2.08 bits per heavy atom. The lowest BCUT2D eigenvalue weighted by atomic mass is 9.85. The summed E-state index contributed by atoms with van der Waals surface area (Å²) in [5, 5.41) is 5.82. The molecule has 1 aliphatic rings. The van der Waals surface area contributed by atoms with Crippen LogP contribution >= 0.6 is 0 Å². The fourth-order valence-corrected chi connectivity index (χ4v) is 2.32. The van der Waals surface area contributed by atoms with E-state index in [1.165, 1.54) is 12.1 Å². The lowest BCUT2D eigenvalue weighted by Crippen LogP contribution is -2.32. The Morgan fingerprint density at radius 3 is 2.62 bits per heavy atom. The summed E-state index contributed by atoms with van der Waals surface area (Å²) in [4.78, 5) is 15.1. The SMILES string of the molecule is O=C(NCC1CCC1)c1ccc(-c2noc(C(F)(F)F)n2)cc1F. The zero-order chi connectivity index (χ0) is 17.3. The van der Waals surface area contributed by atoms with Gasteiger partial charge in [0.1, 0.15) is 5.82 Å². The highest BCUT2D eigenvalue weighted by molar-refractivity contribution is 5.94. The first-order valence-corrected chi connectivity index (χ1v) is 7.33. The van der Waals surface area contributed by atoms with E-state index in [1.807, 2.05) is 0 Å². The normalized spacial score (nSPS) is 15.2. The largest absolute Gasteiger partial charge is 0.471 e. The second kappa shape index (κ2) is 6.21. The van der Waals surface area contributed by atoms with Gasteiger partial charge in [0, 0.05) is 12.1 Å². The highest BCUT2D eigenvalue weighted by atomic mass is 19.4. The Balaban J connectivity index is 1.74. The highest BCUT2D eigenvalue weighted by Gasteiger charge is 2.38. The first kappa shape index (κ1) is 16.4. The molecule has 0 bridgehead atoms. The fraction of sp³-hybridized carbons (Fsp3) is 0.400. The highest BCUT2D eigenvalue weighted by Crippen LogP contribution is 2.30. The number of nitrogens with zero attached hydrogens (tertiary/aromatic N) is 2. The number of rotatable bonds is 4. The van der Waals surface area contributed by atoms with Crippen molar-refractivity contribution >= 4 is 5.91 Å². The van der Waals surface area contributed by atoms with Gasteiger partial charge in [-0.2, -0.15) is 18.2 Å². The second-order valence-corrected chi connectivity index (χ2v) is 5.62. The fourth-order valence-electron chi connectivity index (χ4n) is 2.32. The van der Waals surface area contributed by atoms with E-state index in [4.69, 9.17) is 0 Å². The number of carbonyl (C=O) groups is 1. The van der Waals surface area contributed by atoms with E-state index in [0.29, 0.717) is 12.5 Å². The maximum atomic E-state index is 14.1. The molecule has 1 N–H and O–H groups in total. The zero-order valence-corrected chi connectivity index (χ0v) is 12.4. The molecule has 0 radical (unpaired) electrons. The van der Waals surface area contributed by atoms with E-state index < -0.39 is 29.6 Å². The number of nitrogens with one attached hydrogen (secondary N) is 1. The summed E-state index contributed by atoms with van der Waals surface area (Å²) in [6.45, 7) is 0.486. The van der Waals surface area contributed by atoms with Crippen molar-refractivity contribution in [1.29, 1.82) is 0 Å². The van der Waals surface area contributed by atoms with Crippen molar-refractivity contribution in [2.24, 2.45) is 5.92 Å². The predicted octanol–water partition coefficient (Wildman–Crippen LogP) is 3.42. The van der Waals surface area contributed by atoms with Crippen LogP contribution in [-0.2, 0) is 6.18 Å². The molecule has 9 heteroatoms. The summed E-state index contributed by atoms with van der Waals surface area (Å²) in [5.74, 6) is -2.91. The van der Waals surface area contributed by atoms with E-state index in [-0.39, 0.29) is 11.1 Å². The number of hydrogen-bond donors (Lipinski definition) is 1. The maximum absolute atomic E-state index is 14.1. The molecule has 2 aromatic rings. The van der Waals surface area contributed by atoms with Crippen LogP contribution in [0.25, 0.3) is 11.4 Å². The van der Waals surface area contributed by atoms with Crippen LogP contribution < -0.4 is 5.32 Å². The first-order chi connectivity index (χ1) is 11.3. The van der Waals surface area contributed by atoms with Crippen LogP contribution in [0.15, 0.2) is 22.7 Å². The van der Waals surface area contributed by atoms with Gasteiger partial charge >= 0.3 is 12.1 Å². The number of alkyl halides is 3. The molecule has 128 valence electrons. The van der Waals surface area contributed by atoms with Gasteiger partial charge in [0.05, 0.1) is 5.56 Å². The van der Waals surface area contributed by atoms with Gasteiger partial charge in [0.15, 0.2) is 0 Å². The molecular formula is C15H13F4N3O2. The molecule has 1 heterocycles. The van der Waals surface area contributed by atoms with Crippen molar-refractivity contribution in [3.63, 3.8) is 0 Å². The van der Waals surface area contributed by atoms with Crippen molar-refractivity contribution in [2.75, 3.05) is 6.54 Å². The van der Waals surface area contributed by atoms with Crippen LogP contribution in [0.5, 0.6) is 0 Å². The topological polar surface area (TPSA) is 68.0 Å². The Hall–Kier alpha value is -2.45. The van der Waals surface area contributed by atoms with Crippen LogP contribution in [0.3, 0.4) is 0 Å². The zero-order valence-electron chi connectivity index (χ0n) is 12.4. The van der Waals surface area contributed by atoms with E-state index in [0.717, 1.165) is 25.3 Å². The second-order valence-electron chi connectivity index (χ2n) is 5.62. The third kappa shape index (κ3) is 3.39. The van der Waals surface area contributed by atoms with Crippen molar-refractivity contribution < 1.29 is 26.9 Å². The monoisotopic (exact) mass is 343 g/mol. The molecule has 0 atom stereocenters. The molecule has 0 aliphatic heterocycles. The molecule has 0 saturated heterocycles. The minimum absolute atomic E-state index is 0.0118. The average molecular weight is 343 g/mol. The Bertz CT molecular complexity index is 753.